The molecule has 1 fully saturated rings. The van der Waals surface area contributed by atoms with Crippen LogP contribution in [0.4, 0.5) is 5.69 Å². The maximum Gasteiger partial charge on any atom is 0.340 e. The Morgan fingerprint density at radius 2 is 2.33 bits per heavy atom. The van der Waals surface area contributed by atoms with E-state index in [2.05, 4.69) is 16.9 Å². The van der Waals surface area contributed by atoms with Gasteiger partial charge in [-0.25, -0.2) is 9.78 Å². The van der Waals surface area contributed by atoms with Gasteiger partial charge >= 0.3 is 5.97 Å². The molecular weight excluding hydrogens is 270 g/mol. The van der Waals surface area contributed by atoms with Gasteiger partial charge in [0, 0.05) is 12.1 Å². The highest BCUT2D eigenvalue weighted by molar-refractivity contribution is 5.95. The lowest BCUT2D eigenvalue weighted by Gasteiger charge is -2.31. The Morgan fingerprint density at radius 3 is 3.05 bits per heavy atom. The Bertz CT molecular complexity index is 493. The Kier molecular flexibility index (Phi) is 5.38. The molecule has 0 aliphatic carbocycles. The zero-order valence-electron chi connectivity index (χ0n) is 12.7. The monoisotopic (exact) mass is 293 g/mol. The van der Waals surface area contributed by atoms with Gasteiger partial charge in [0.1, 0.15) is 6.61 Å². The summed E-state index contributed by atoms with van der Waals surface area (Å²) in [6.07, 6.45) is 5.02. The number of hydrogen-bond donors (Lipinski definition) is 1. The zero-order valence-corrected chi connectivity index (χ0v) is 12.7. The first-order chi connectivity index (χ1) is 10.1. The van der Waals surface area contributed by atoms with Crippen molar-refractivity contribution in [1.29, 1.82) is 0 Å². The van der Waals surface area contributed by atoms with Crippen molar-refractivity contribution >= 4 is 11.7 Å². The second kappa shape index (κ2) is 7.26. The molecular formula is C15H23N3O3. The van der Waals surface area contributed by atoms with E-state index in [0.29, 0.717) is 36.4 Å². The molecule has 0 bridgehead atoms. The molecule has 1 atom stereocenters. The minimum absolute atomic E-state index is 0.301. The number of piperidine rings is 1. The van der Waals surface area contributed by atoms with Crippen LogP contribution in [0.15, 0.2) is 12.3 Å². The molecule has 2 heterocycles. The summed E-state index contributed by atoms with van der Waals surface area (Å²) in [5.41, 5.74) is 6.36. The molecule has 2 rings (SSSR count). The standard InChI is InChI=1S/C15H23N3O3/c1-3-20-15(19)12-8-14(17-9-13(12)16)21-10-11-6-4-5-7-18(11)2/h8-9,11H,3-7,10,16H2,1-2H3. The number of nitrogens with two attached hydrogens (primary N) is 1. The lowest BCUT2D eigenvalue weighted by Crippen LogP contribution is -2.40. The molecule has 1 aromatic rings. The number of carbonyl (C=O) groups excluding carboxylic acids is 1. The van der Waals surface area contributed by atoms with Gasteiger partial charge in [0.15, 0.2) is 0 Å². The maximum absolute atomic E-state index is 11.8. The summed E-state index contributed by atoms with van der Waals surface area (Å²) in [6, 6.07) is 1.94. The van der Waals surface area contributed by atoms with Crippen molar-refractivity contribution in [2.24, 2.45) is 0 Å². The highest BCUT2D eigenvalue weighted by Crippen LogP contribution is 2.20. The number of ether oxygens (including phenoxy) is 2. The van der Waals surface area contributed by atoms with E-state index in [9.17, 15) is 4.79 Å². The summed E-state index contributed by atoms with van der Waals surface area (Å²) in [4.78, 5) is 18.2. The first kappa shape index (κ1) is 15.6. The van der Waals surface area contributed by atoms with Gasteiger partial charge in [-0.05, 0) is 33.4 Å². The van der Waals surface area contributed by atoms with Crippen LogP contribution in [0.2, 0.25) is 0 Å². The Labute approximate surface area is 125 Å². The fraction of sp³-hybridized carbons (Fsp3) is 0.600. The molecule has 0 aromatic carbocycles. The number of esters is 1. The third kappa shape index (κ3) is 4.07. The molecule has 0 spiro atoms. The van der Waals surface area contributed by atoms with Crippen LogP contribution in [0.1, 0.15) is 36.5 Å². The molecule has 1 aliphatic rings. The number of hydrogen-bond acceptors (Lipinski definition) is 6. The van der Waals surface area contributed by atoms with Gasteiger partial charge in [-0.3, -0.25) is 0 Å². The molecule has 1 aliphatic heterocycles. The van der Waals surface area contributed by atoms with Crippen molar-refractivity contribution in [2.45, 2.75) is 32.2 Å². The van der Waals surface area contributed by atoms with E-state index in [0.717, 1.165) is 13.0 Å². The summed E-state index contributed by atoms with van der Waals surface area (Å²) in [5, 5.41) is 0. The summed E-state index contributed by atoms with van der Waals surface area (Å²) < 4.78 is 10.7. The number of nitrogens with zero attached hydrogens (tertiary/aromatic N) is 2. The van der Waals surface area contributed by atoms with Gasteiger partial charge in [0.2, 0.25) is 5.88 Å². The lowest BCUT2D eigenvalue weighted by atomic mass is 10.0. The Balaban J connectivity index is 2.00. The average molecular weight is 293 g/mol. The zero-order chi connectivity index (χ0) is 15.2. The van der Waals surface area contributed by atoms with Gasteiger partial charge < -0.3 is 20.1 Å². The third-order valence-corrected chi connectivity index (χ3v) is 3.75. The fourth-order valence-corrected chi connectivity index (χ4v) is 2.45. The summed E-state index contributed by atoms with van der Waals surface area (Å²) in [7, 11) is 2.10. The van der Waals surface area contributed by atoms with Crippen LogP contribution in [0.25, 0.3) is 0 Å². The van der Waals surface area contributed by atoms with Gasteiger partial charge in [-0.2, -0.15) is 0 Å². The quantitative estimate of drug-likeness (QED) is 0.833. The van der Waals surface area contributed by atoms with Crippen molar-refractivity contribution < 1.29 is 14.3 Å². The molecule has 1 unspecified atom stereocenters. The van der Waals surface area contributed by atoms with Crippen molar-refractivity contribution in [3.8, 4) is 5.88 Å². The predicted molar refractivity (Wildman–Crippen MR) is 80.4 cm³/mol. The second-order valence-corrected chi connectivity index (χ2v) is 5.27. The number of likely N-dealkylation sites (tertiary alicyclic amines) is 1. The van der Waals surface area contributed by atoms with E-state index < -0.39 is 5.97 Å². The molecule has 6 heteroatoms. The largest absolute Gasteiger partial charge is 0.476 e. The first-order valence-corrected chi connectivity index (χ1v) is 7.37. The highest BCUT2D eigenvalue weighted by Gasteiger charge is 2.20. The van der Waals surface area contributed by atoms with Crippen LogP contribution < -0.4 is 10.5 Å². The number of pyridine rings is 1. The van der Waals surface area contributed by atoms with Crippen LogP contribution in [0, 0.1) is 0 Å². The molecule has 2 N–H and O–H groups in total. The van der Waals surface area contributed by atoms with Crippen molar-refractivity contribution in [2.75, 3.05) is 32.5 Å². The van der Waals surface area contributed by atoms with Gasteiger partial charge in [-0.15, -0.1) is 0 Å². The van der Waals surface area contributed by atoms with Crippen molar-refractivity contribution in [3.63, 3.8) is 0 Å². The number of aromatic nitrogens is 1. The Morgan fingerprint density at radius 1 is 1.52 bits per heavy atom. The van der Waals surface area contributed by atoms with E-state index in [4.69, 9.17) is 15.2 Å². The number of carbonyl (C=O) groups is 1. The molecule has 1 aromatic heterocycles. The summed E-state index contributed by atoms with van der Waals surface area (Å²) in [5.74, 6) is -0.0386. The normalized spacial score (nSPS) is 19.2. The fourth-order valence-electron chi connectivity index (χ4n) is 2.45. The van der Waals surface area contributed by atoms with Gasteiger partial charge in [0.05, 0.1) is 24.1 Å². The molecule has 116 valence electrons. The SMILES string of the molecule is CCOC(=O)c1cc(OCC2CCCCN2C)ncc1N. The van der Waals surface area contributed by atoms with Crippen LogP contribution >= 0.6 is 0 Å². The van der Waals surface area contributed by atoms with Crippen molar-refractivity contribution in [3.05, 3.63) is 17.8 Å². The topological polar surface area (TPSA) is 77.7 Å². The molecule has 0 amide bonds. The molecule has 1 saturated heterocycles. The van der Waals surface area contributed by atoms with Crippen LogP contribution in [-0.2, 0) is 4.74 Å². The maximum atomic E-state index is 11.8. The molecule has 0 saturated carbocycles. The molecule has 21 heavy (non-hydrogen) atoms. The van der Waals surface area contributed by atoms with Crippen LogP contribution in [0.3, 0.4) is 0 Å². The van der Waals surface area contributed by atoms with Gasteiger partial charge in [0.25, 0.3) is 0 Å². The van der Waals surface area contributed by atoms with Crippen LogP contribution in [0.5, 0.6) is 5.88 Å². The summed E-state index contributed by atoms with van der Waals surface area (Å²) in [6.45, 7) is 3.72. The average Bonchev–Trinajstić information content (AvgIpc) is 2.48. The van der Waals surface area contributed by atoms with Crippen molar-refractivity contribution in [1.82, 2.24) is 9.88 Å². The minimum atomic E-state index is -0.447. The second-order valence-electron chi connectivity index (χ2n) is 5.27. The minimum Gasteiger partial charge on any atom is -0.476 e. The smallest absolute Gasteiger partial charge is 0.340 e. The summed E-state index contributed by atoms with van der Waals surface area (Å²) >= 11 is 0. The van der Waals surface area contributed by atoms with E-state index in [1.54, 1.807) is 13.0 Å². The number of likely N-dealkylation sites (N-methyl/N-ethyl adjacent to an activating group) is 1. The predicted octanol–water partition coefficient (Wildman–Crippen LogP) is 1.70. The Hall–Kier alpha value is -1.82. The van der Waals surface area contributed by atoms with Gasteiger partial charge in [-0.1, -0.05) is 6.42 Å². The van der Waals surface area contributed by atoms with E-state index in [1.807, 2.05) is 0 Å². The third-order valence-electron chi connectivity index (χ3n) is 3.75. The number of rotatable bonds is 5. The van der Waals surface area contributed by atoms with E-state index in [-0.39, 0.29) is 0 Å². The highest BCUT2D eigenvalue weighted by atomic mass is 16.5. The van der Waals surface area contributed by atoms with Crippen LogP contribution in [-0.4, -0.2) is 48.7 Å². The number of anilines is 1. The lowest BCUT2D eigenvalue weighted by molar-refractivity contribution is 0.0526. The number of nitrogen functional groups attached to an aromatic ring is 1. The molecule has 0 radical (unpaired) electrons. The molecule has 6 nitrogen and oxygen atoms in total. The van der Waals surface area contributed by atoms with E-state index >= 15 is 0 Å². The van der Waals surface area contributed by atoms with E-state index in [1.165, 1.54) is 19.0 Å². The first-order valence-electron chi connectivity index (χ1n) is 7.37.